The summed E-state index contributed by atoms with van der Waals surface area (Å²) in [5, 5.41) is 1.17. The van der Waals surface area contributed by atoms with E-state index >= 15 is 0 Å². The Kier molecular flexibility index (Phi) is 5.02. The van der Waals surface area contributed by atoms with Gasteiger partial charge < -0.3 is 24.1 Å². The van der Waals surface area contributed by atoms with Crippen LogP contribution >= 0.6 is 0 Å². The summed E-state index contributed by atoms with van der Waals surface area (Å²) in [7, 11) is 0. The molecule has 5 nitrogen and oxygen atoms in total. The molecule has 2 fully saturated rings. The molecule has 0 bridgehead atoms. The zero-order valence-electron chi connectivity index (χ0n) is 14.1. The first-order valence-electron chi connectivity index (χ1n) is 8.99. The van der Waals surface area contributed by atoms with E-state index in [1.807, 2.05) is 6.20 Å². The fourth-order valence-corrected chi connectivity index (χ4v) is 3.69. The van der Waals surface area contributed by atoms with Crippen LogP contribution in [0.2, 0.25) is 0 Å². The van der Waals surface area contributed by atoms with Crippen LogP contribution in [0.4, 0.5) is 0 Å². The standard InChI is InChI=1S/C19H26N2O3/c1-2-18-17(4-7-20-18)19(3-1)24-16-5-8-21(9-6-16)12-15-13-22-10-11-23-14-15/h1-4,7,15-16,20H,5-6,8-14H2. The molecule has 0 spiro atoms. The van der Waals surface area contributed by atoms with Gasteiger partial charge in [0.05, 0.1) is 26.4 Å². The molecule has 24 heavy (non-hydrogen) atoms. The molecular formula is C19H26N2O3. The van der Waals surface area contributed by atoms with Crippen molar-refractivity contribution >= 4 is 10.9 Å². The normalized spacial score (nSPS) is 21.8. The van der Waals surface area contributed by atoms with Gasteiger partial charge >= 0.3 is 0 Å². The lowest BCUT2D eigenvalue weighted by Crippen LogP contribution is -2.42. The lowest BCUT2D eigenvalue weighted by Gasteiger charge is -2.34. The summed E-state index contributed by atoms with van der Waals surface area (Å²) in [5.74, 6) is 1.50. The van der Waals surface area contributed by atoms with E-state index in [4.69, 9.17) is 14.2 Å². The molecule has 4 rings (SSSR count). The van der Waals surface area contributed by atoms with Crippen LogP contribution in [0.1, 0.15) is 12.8 Å². The van der Waals surface area contributed by atoms with Gasteiger partial charge in [0.2, 0.25) is 0 Å². The van der Waals surface area contributed by atoms with Crippen molar-refractivity contribution in [3.63, 3.8) is 0 Å². The van der Waals surface area contributed by atoms with Crippen molar-refractivity contribution in [2.24, 2.45) is 5.92 Å². The van der Waals surface area contributed by atoms with Crippen molar-refractivity contribution in [1.82, 2.24) is 9.88 Å². The van der Waals surface area contributed by atoms with Gasteiger partial charge in [-0.1, -0.05) is 6.07 Å². The van der Waals surface area contributed by atoms with Gasteiger partial charge in [-0.25, -0.2) is 0 Å². The van der Waals surface area contributed by atoms with E-state index in [9.17, 15) is 0 Å². The minimum Gasteiger partial charge on any atom is -0.490 e. The fraction of sp³-hybridized carbons (Fsp3) is 0.579. The highest BCUT2D eigenvalue weighted by molar-refractivity contribution is 5.85. The molecule has 2 aromatic rings. The van der Waals surface area contributed by atoms with Gasteiger partial charge in [0.1, 0.15) is 11.9 Å². The smallest absolute Gasteiger partial charge is 0.129 e. The number of ether oxygens (including phenoxy) is 3. The second-order valence-corrected chi connectivity index (χ2v) is 6.83. The van der Waals surface area contributed by atoms with Crippen LogP contribution in [-0.4, -0.2) is 62.0 Å². The van der Waals surface area contributed by atoms with Gasteiger partial charge in [-0.2, -0.15) is 0 Å². The monoisotopic (exact) mass is 330 g/mol. The Bertz CT molecular complexity index is 641. The number of aromatic nitrogens is 1. The molecule has 1 aromatic heterocycles. The molecule has 1 aromatic carbocycles. The molecule has 3 heterocycles. The van der Waals surface area contributed by atoms with Gasteiger partial charge in [0.25, 0.3) is 0 Å². The minimum absolute atomic E-state index is 0.309. The Labute approximate surface area is 142 Å². The van der Waals surface area contributed by atoms with E-state index in [1.165, 1.54) is 5.39 Å². The number of fused-ring (bicyclic) bond motifs is 1. The maximum absolute atomic E-state index is 6.29. The number of hydrogen-bond donors (Lipinski definition) is 1. The Morgan fingerprint density at radius 2 is 1.88 bits per heavy atom. The minimum atomic E-state index is 0.309. The third kappa shape index (κ3) is 3.74. The van der Waals surface area contributed by atoms with Gasteiger partial charge in [-0.3, -0.25) is 0 Å². The van der Waals surface area contributed by atoms with E-state index in [2.05, 4.69) is 34.1 Å². The number of aromatic amines is 1. The molecule has 5 heteroatoms. The molecule has 0 atom stereocenters. The largest absolute Gasteiger partial charge is 0.490 e. The van der Waals surface area contributed by atoms with Gasteiger partial charge in [-0.15, -0.1) is 0 Å². The SMILES string of the molecule is c1cc(OC2CCN(CC3COCCOC3)CC2)c2cc[nH]c2c1. The number of H-pyrrole nitrogens is 1. The summed E-state index contributed by atoms with van der Waals surface area (Å²) in [6, 6.07) is 8.30. The lowest BCUT2D eigenvalue weighted by atomic mass is 10.0. The topological polar surface area (TPSA) is 46.7 Å². The molecule has 2 aliphatic heterocycles. The van der Waals surface area contributed by atoms with Crippen molar-refractivity contribution in [3.05, 3.63) is 30.5 Å². The van der Waals surface area contributed by atoms with E-state index in [0.717, 1.165) is 70.2 Å². The zero-order valence-corrected chi connectivity index (χ0v) is 14.1. The van der Waals surface area contributed by atoms with Crippen LogP contribution in [0.3, 0.4) is 0 Å². The quantitative estimate of drug-likeness (QED) is 0.936. The van der Waals surface area contributed by atoms with E-state index in [1.54, 1.807) is 0 Å². The number of hydrogen-bond acceptors (Lipinski definition) is 4. The lowest BCUT2D eigenvalue weighted by molar-refractivity contribution is 0.0642. The second kappa shape index (κ2) is 7.55. The first-order chi connectivity index (χ1) is 11.9. The number of rotatable bonds is 4. The Morgan fingerprint density at radius 3 is 2.67 bits per heavy atom. The highest BCUT2D eigenvalue weighted by atomic mass is 16.5. The van der Waals surface area contributed by atoms with Crippen LogP contribution in [-0.2, 0) is 9.47 Å². The summed E-state index contributed by atoms with van der Waals surface area (Å²) >= 11 is 0. The molecule has 1 N–H and O–H groups in total. The summed E-state index contributed by atoms with van der Waals surface area (Å²) in [6.07, 6.45) is 4.44. The third-order valence-corrected chi connectivity index (χ3v) is 4.98. The zero-order chi connectivity index (χ0) is 16.2. The number of nitrogens with one attached hydrogen (secondary N) is 1. The average molecular weight is 330 g/mol. The second-order valence-electron chi connectivity index (χ2n) is 6.83. The molecule has 0 radical (unpaired) electrons. The Balaban J connectivity index is 1.29. The van der Waals surface area contributed by atoms with E-state index in [0.29, 0.717) is 12.0 Å². The van der Waals surface area contributed by atoms with Crippen molar-refractivity contribution < 1.29 is 14.2 Å². The maximum Gasteiger partial charge on any atom is 0.129 e. The van der Waals surface area contributed by atoms with E-state index < -0.39 is 0 Å². The first-order valence-corrected chi connectivity index (χ1v) is 8.99. The van der Waals surface area contributed by atoms with Crippen LogP contribution in [0.5, 0.6) is 5.75 Å². The van der Waals surface area contributed by atoms with Gasteiger partial charge in [0.15, 0.2) is 0 Å². The molecule has 0 saturated carbocycles. The summed E-state index contributed by atoms with van der Waals surface area (Å²) in [5.41, 5.74) is 1.14. The molecular weight excluding hydrogens is 304 g/mol. The number of piperidine rings is 1. The molecule has 0 aliphatic carbocycles. The average Bonchev–Trinajstić information content (AvgIpc) is 2.95. The maximum atomic E-state index is 6.29. The molecule has 2 aliphatic rings. The van der Waals surface area contributed by atoms with Crippen molar-refractivity contribution in [3.8, 4) is 5.75 Å². The van der Waals surface area contributed by atoms with Crippen molar-refractivity contribution in [2.45, 2.75) is 18.9 Å². The number of benzene rings is 1. The third-order valence-electron chi connectivity index (χ3n) is 4.98. The van der Waals surface area contributed by atoms with Crippen LogP contribution in [0.25, 0.3) is 10.9 Å². The first kappa shape index (κ1) is 15.9. The molecule has 2 saturated heterocycles. The summed E-state index contributed by atoms with van der Waals surface area (Å²) in [6.45, 7) is 6.36. The van der Waals surface area contributed by atoms with Gasteiger partial charge in [0, 0.05) is 42.7 Å². The van der Waals surface area contributed by atoms with E-state index in [-0.39, 0.29) is 0 Å². The van der Waals surface area contributed by atoms with Crippen LogP contribution in [0, 0.1) is 5.92 Å². The van der Waals surface area contributed by atoms with Gasteiger partial charge in [-0.05, 0) is 31.0 Å². The Morgan fingerprint density at radius 1 is 1.08 bits per heavy atom. The highest BCUT2D eigenvalue weighted by Crippen LogP contribution is 2.27. The van der Waals surface area contributed by atoms with Crippen molar-refractivity contribution in [1.29, 1.82) is 0 Å². The molecule has 0 unspecified atom stereocenters. The molecule has 130 valence electrons. The number of nitrogens with zero attached hydrogens (tertiary/aromatic N) is 1. The molecule has 0 amide bonds. The predicted octanol–water partition coefficient (Wildman–Crippen LogP) is 2.67. The highest BCUT2D eigenvalue weighted by Gasteiger charge is 2.24. The van der Waals surface area contributed by atoms with Crippen molar-refractivity contribution in [2.75, 3.05) is 46.1 Å². The summed E-state index contributed by atoms with van der Waals surface area (Å²) < 4.78 is 17.5. The number of likely N-dealkylation sites (tertiary alicyclic amines) is 1. The van der Waals surface area contributed by atoms with Crippen LogP contribution < -0.4 is 4.74 Å². The fourth-order valence-electron chi connectivity index (χ4n) is 3.69. The summed E-state index contributed by atoms with van der Waals surface area (Å²) in [4.78, 5) is 5.77. The predicted molar refractivity (Wildman–Crippen MR) is 93.5 cm³/mol. The van der Waals surface area contributed by atoms with Crippen LogP contribution in [0.15, 0.2) is 30.5 Å². The Hall–Kier alpha value is -1.56.